The van der Waals surface area contributed by atoms with Crippen LogP contribution < -0.4 is 5.32 Å². The third kappa shape index (κ3) is 2.07. The van der Waals surface area contributed by atoms with Gasteiger partial charge in [0.15, 0.2) is 0 Å². The van der Waals surface area contributed by atoms with Gasteiger partial charge in [-0.1, -0.05) is 36.4 Å². The molecule has 1 saturated heterocycles. The van der Waals surface area contributed by atoms with E-state index in [0.717, 1.165) is 19.8 Å². The summed E-state index contributed by atoms with van der Waals surface area (Å²) in [4.78, 5) is 0. The van der Waals surface area contributed by atoms with E-state index in [1.54, 1.807) is 0 Å². The Morgan fingerprint density at radius 2 is 1.60 bits per heavy atom. The predicted molar refractivity (Wildman–Crippen MR) is 83.0 cm³/mol. The van der Waals surface area contributed by atoms with Gasteiger partial charge in [0.2, 0.25) is 0 Å². The van der Waals surface area contributed by atoms with Crippen LogP contribution in [0.4, 0.5) is 0 Å². The van der Waals surface area contributed by atoms with Crippen LogP contribution in [0.5, 0.6) is 0 Å². The summed E-state index contributed by atoms with van der Waals surface area (Å²) in [6.07, 6.45) is 0. The molecule has 0 bridgehead atoms. The highest BCUT2D eigenvalue weighted by Gasteiger charge is 2.15. The van der Waals surface area contributed by atoms with Gasteiger partial charge >= 0.3 is 0 Å². The topological polar surface area (TPSA) is 21.3 Å². The van der Waals surface area contributed by atoms with Crippen LogP contribution in [0.25, 0.3) is 21.5 Å². The van der Waals surface area contributed by atoms with Crippen molar-refractivity contribution in [1.82, 2.24) is 5.32 Å². The van der Waals surface area contributed by atoms with Gasteiger partial charge in [0.1, 0.15) is 0 Å². The van der Waals surface area contributed by atoms with Crippen LogP contribution >= 0.6 is 0 Å². The molecule has 4 rings (SSSR count). The molecule has 1 N–H and O–H groups in total. The molecule has 0 saturated carbocycles. The van der Waals surface area contributed by atoms with E-state index in [2.05, 4.69) is 59.9 Å². The maximum Gasteiger partial charge on any atom is 0.0662 e. The Kier molecular flexibility index (Phi) is 2.91. The first-order valence-electron chi connectivity index (χ1n) is 7.14. The smallest absolute Gasteiger partial charge is 0.0662 e. The van der Waals surface area contributed by atoms with Gasteiger partial charge in [-0.15, -0.1) is 0 Å². The standard InChI is InChI=1S/C18H17NO/c1-2-4-14-10-17-11-16(18-12-20-8-7-19-18)6-5-15(17)9-13(14)3-1/h1-6,9-11,18-19H,7-8,12H2/t18-/m1/s1. The zero-order valence-corrected chi connectivity index (χ0v) is 11.3. The molecule has 0 amide bonds. The van der Waals surface area contributed by atoms with Crippen molar-refractivity contribution in [2.75, 3.05) is 19.8 Å². The van der Waals surface area contributed by atoms with Crippen molar-refractivity contribution in [3.8, 4) is 0 Å². The minimum absolute atomic E-state index is 0.319. The van der Waals surface area contributed by atoms with E-state index in [4.69, 9.17) is 4.74 Å². The van der Waals surface area contributed by atoms with Crippen LogP contribution in [-0.2, 0) is 4.74 Å². The van der Waals surface area contributed by atoms with Crippen molar-refractivity contribution >= 4 is 21.5 Å². The monoisotopic (exact) mass is 263 g/mol. The largest absolute Gasteiger partial charge is 0.378 e. The molecule has 1 heterocycles. The van der Waals surface area contributed by atoms with Crippen LogP contribution in [0.2, 0.25) is 0 Å². The molecular formula is C18H17NO. The number of ether oxygens (including phenoxy) is 1. The SMILES string of the molecule is c1ccc2cc3cc([C@H]4COCCN4)ccc3cc2c1. The third-order valence-electron chi connectivity index (χ3n) is 4.05. The Hall–Kier alpha value is -1.90. The molecule has 0 unspecified atom stereocenters. The third-order valence-corrected chi connectivity index (χ3v) is 4.05. The highest BCUT2D eigenvalue weighted by Crippen LogP contribution is 2.26. The Morgan fingerprint density at radius 3 is 2.35 bits per heavy atom. The average Bonchev–Trinajstić information content (AvgIpc) is 2.53. The molecule has 0 spiro atoms. The fraction of sp³-hybridized carbons (Fsp3) is 0.222. The summed E-state index contributed by atoms with van der Waals surface area (Å²) in [5, 5.41) is 8.70. The second-order valence-corrected chi connectivity index (χ2v) is 5.39. The minimum Gasteiger partial charge on any atom is -0.378 e. The van der Waals surface area contributed by atoms with Gasteiger partial charge in [0.25, 0.3) is 0 Å². The van der Waals surface area contributed by atoms with Gasteiger partial charge in [-0.25, -0.2) is 0 Å². The van der Waals surface area contributed by atoms with Crippen LogP contribution in [0.15, 0.2) is 54.6 Å². The van der Waals surface area contributed by atoms with Gasteiger partial charge in [0.05, 0.1) is 19.3 Å². The second-order valence-electron chi connectivity index (χ2n) is 5.39. The Labute approximate surface area is 118 Å². The van der Waals surface area contributed by atoms with Crippen molar-refractivity contribution in [2.45, 2.75) is 6.04 Å². The van der Waals surface area contributed by atoms with Crippen molar-refractivity contribution < 1.29 is 4.74 Å². The van der Waals surface area contributed by atoms with Crippen molar-refractivity contribution in [3.05, 3.63) is 60.2 Å². The van der Waals surface area contributed by atoms with Gasteiger partial charge in [-0.3, -0.25) is 0 Å². The maximum absolute atomic E-state index is 5.56. The lowest BCUT2D eigenvalue weighted by Crippen LogP contribution is -2.34. The van der Waals surface area contributed by atoms with Crippen LogP contribution in [0.3, 0.4) is 0 Å². The molecule has 100 valence electrons. The van der Waals surface area contributed by atoms with E-state index >= 15 is 0 Å². The molecule has 2 nitrogen and oxygen atoms in total. The molecule has 1 fully saturated rings. The van der Waals surface area contributed by atoms with Crippen LogP contribution in [0.1, 0.15) is 11.6 Å². The van der Waals surface area contributed by atoms with Gasteiger partial charge < -0.3 is 10.1 Å². The zero-order valence-electron chi connectivity index (χ0n) is 11.3. The highest BCUT2D eigenvalue weighted by molar-refractivity contribution is 5.98. The normalized spacial score (nSPS) is 19.5. The van der Waals surface area contributed by atoms with E-state index < -0.39 is 0 Å². The fourth-order valence-corrected chi connectivity index (χ4v) is 2.95. The number of fused-ring (bicyclic) bond motifs is 2. The van der Waals surface area contributed by atoms with E-state index in [1.165, 1.54) is 27.1 Å². The molecule has 1 aliphatic rings. The van der Waals surface area contributed by atoms with Crippen LogP contribution in [-0.4, -0.2) is 19.8 Å². The summed E-state index contributed by atoms with van der Waals surface area (Å²) in [7, 11) is 0. The Morgan fingerprint density at radius 1 is 0.850 bits per heavy atom. The van der Waals surface area contributed by atoms with Gasteiger partial charge in [-0.2, -0.15) is 0 Å². The molecule has 3 aromatic carbocycles. The number of rotatable bonds is 1. The highest BCUT2D eigenvalue weighted by atomic mass is 16.5. The second kappa shape index (κ2) is 4.89. The number of hydrogen-bond acceptors (Lipinski definition) is 2. The Bertz CT molecular complexity index is 760. The minimum atomic E-state index is 0.319. The summed E-state index contributed by atoms with van der Waals surface area (Å²) >= 11 is 0. The summed E-state index contributed by atoms with van der Waals surface area (Å²) in [6, 6.07) is 20.1. The summed E-state index contributed by atoms with van der Waals surface area (Å²) < 4.78 is 5.56. The molecule has 20 heavy (non-hydrogen) atoms. The molecule has 3 aromatic rings. The Balaban J connectivity index is 1.83. The van der Waals surface area contributed by atoms with Crippen molar-refractivity contribution in [2.24, 2.45) is 0 Å². The molecular weight excluding hydrogens is 246 g/mol. The summed E-state index contributed by atoms with van der Waals surface area (Å²) in [5.74, 6) is 0. The van der Waals surface area contributed by atoms with Crippen LogP contribution in [0, 0.1) is 0 Å². The molecule has 1 aliphatic heterocycles. The first-order chi connectivity index (χ1) is 9.90. The lowest BCUT2D eigenvalue weighted by Gasteiger charge is -2.24. The summed E-state index contributed by atoms with van der Waals surface area (Å²) in [5.41, 5.74) is 1.31. The van der Waals surface area contributed by atoms with E-state index in [1.807, 2.05) is 0 Å². The van der Waals surface area contributed by atoms with Crippen molar-refractivity contribution in [1.29, 1.82) is 0 Å². The quantitative estimate of drug-likeness (QED) is 0.677. The van der Waals surface area contributed by atoms with E-state index in [-0.39, 0.29) is 0 Å². The molecule has 0 aliphatic carbocycles. The number of morpholine rings is 1. The zero-order chi connectivity index (χ0) is 13.4. The number of hydrogen-bond donors (Lipinski definition) is 1. The summed E-state index contributed by atoms with van der Waals surface area (Å²) in [6.45, 7) is 2.51. The van der Waals surface area contributed by atoms with Crippen molar-refractivity contribution in [3.63, 3.8) is 0 Å². The average molecular weight is 263 g/mol. The van der Waals surface area contributed by atoms with E-state index in [0.29, 0.717) is 6.04 Å². The first kappa shape index (κ1) is 11.9. The fourth-order valence-electron chi connectivity index (χ4n) is 2.95. The lowest BCUT2D eigenvalue weighted by molar-refractivity contribution is 0.0769. The lowest BCUT2D eigenvalue weighted by atomic mass is 9.99. The predicted octanol–water partition coefficient (Wildman–Crippen LogP) is 3.65. The molecule has 1 atom stereocenters. The molecule has 0 radical (unpaired) electrons. The van der Waals surface area contributed by atoms with E-state index in [9.17, 15) is 0 Å². The first-order valence-corrected chi connectivity index (χ1v) is 7.14. The number of benzene rings is 3. The van der Waals surface area contributed by atoms with Gasteiger partial charge in [-0.05, 0) is 45.3 Å². The number of nitrogens with one attached hydrogen (secondary N) is 1. The molecule has 2 heteroatoms. The maximum atomic E-state index is 5.56. The molecule has 0 aromatic heterocycles. The van der Waals surface area contributed by atoms with Gasteiger partial charge in [0, 0.05) is 6.54 Å².